The summed E-state index contributed by atoms with van der Waals surface area (Å²) in [6.45, 7) is 1.74. The van der Waals surface area contributed by atoms with Crippen LogP contribution in [0, 0.1) is 6.92 Å². The number of thiocarbonyl (C=S) groups is 1. The maximum Gasteiger partial charge on any atom is 0.294 e. The molecule has 0 bridgehead atoms. The second-order valence-corrected chi connectivity index (χ2v) is 5.18. The zero-order chi connectivity index (χ0) is 12.6. The lowest BCUT2D eigenvalue weighted by Gasteiger charge is -2.00. The summed E-state index contributed by atoms with van der Waals surface area (Å²) >= 11 is 5.59. The molecule has 1 aliphatic rings. The molecule has 0 spiro atoms. The molecule has 0 aromatic heterocycles. The van der Waals surface area contributed by atoms with Gasteiger partial charge < -0.3 is 5.11 Å². The quantitative estimate of drug-likeness (QED) is 0.483. The standard InChI is InChI=1S/C11H8FNO2S2/c1-6-4-7(2-3-8(6)14)5-9-10(15)13(12)11(16)17-9/h2-5,14H,1H3/b9-5-. The van der Waals surface area contributed by atoms with Crippen molar-refractivity contribution in [3.8, 4) is 5.75 Å². The largest absolute Gasteiger partial charge is 0.508 e. The van der Waals surface area contributed by atoms with Crippen LogP contribution in [0.1, 0.15) is 11.1 Å². The van der Waals surface area contributed by atoms with Crippen LogP contribution in [0.15, 0.2) is 23.1 Å². The Morgan fingerprint density at radius 2 is 2.24 bits per heavy atom. The number of aryl methyl sites for hydroxylation is 1. The van der Waals surface area contributed by atoms with Crippen molar-refractivity contribution in [1.82, 2.24) is 5.12 Å². The highest BCUT2D eigenvalue weighted by molar-refractivity contribution is 8.26. The number of halogens is 1. The molecule has 0 saturated carbocycles. The molecule has 1 aromatic carbocycles. The number of phenolic OH excluding ortho intramolecular Hbond substituents is 1. The highest BCUT2D eigenvalue weighted by Crippen LogP contribution is 2.33. The van der Waals surface area contributed by atoms with Gasteiger partial charge in [0.05, 0.1) is 4.91 Å². The van der Waals surface area contributed by atoms with Crippen molar-refractivity contribution in [3.63, 3.8) is 0 Å². The Labute approximate surface area is 107 Å². The SMILES string of the molecule is Cc1cc(/C=C2\SC(=S)N(F)C2=O)ccc1O. The summed E-state index contributed by atoms with van der Waals surface area (Å²) in [5.74, 6) is -0.564. The maximum atomic E-state index is 13.0. The first-order valence-electron chi connectivity index (χ1n) is 4.72. The summed E-state index contributed by atoms with van der Waals surface area (Å²) in [4.78, 5) is 11.6. The average Bonchev–Trinajstić information content (AvgIpc) is 2.52. The monoisotopic (exact) mass is 269 g/mol. The van der Waals surface area contributed by atoms with E-state index in [1.54, 1.807) is 25.1 Å². The molecule has 0 atom stereocenters. The van der Waals surface area contributed by atoms with Gasteiger partial charge in [0.1, 0.15) is 5.75 Å². The first kappa shape index (κ1) is 12.1. The average molecular weight is 269 g/mol. The summed E-state index contributed by atoms with van der Waals surface area (Å²) in [6, 6.07) is 4.88. The Bertz CT molecular complexity index is 542. The maximum absolute atomic E-state index is 13.0. The molecule has 1 saturated heterocycles. The van der Waals surface area contributed by atoms with E-state index in [0.29, 0.717) is 11.1 Å². The minimum absolute atomic E-state index is 0.0426. The molecule has 1 amide bonds. The predicted molar refractivity (Wildman–Crippen MR) is 69.0 cm³/mol. The zero-order valence-corrected chi connectivity index (χ0v) is 10.4. The molecule has 1 fully saturated rings. The van der Waals surface area contributed by atoms with E-state index in [9.17, 15) is 14.4 Å². The number of hydrogen-bond donors (Lipinski definition) is 1. The van der Waals surface area contributed by atoms with Gasteiger partial charge in [0.2, 0.25) is 0 Å². The van der Waals surface area contributed by atoms with Gasteiger partial charge in [-0.05, 0) is 48.5 Å². The Morgan fingerprint density at radius 3 is 2.76 bits per heavy atom. The molecular formula is C11H8FNO2S2. The summed E-state index contributed by atoms with van der Waals surface area (Å²) < 4.78 is 12.9. The molecule has 1 heterocycles. The van der Waals surface area contributed by atoms with Crippen LogP contribution in [-0.2, 0) is 4.79 Å². The number of nitrogens with zero attached hydrogens (tertiary/aromatic N) is 1. The number of thioether (sulfide) groups is 1. The van der Waals surface area contributed by atoms with Gasteiger partial charge in [-0.15, -0.1) is 5.12 Å². The molecule has 3 nitrogen and oxygen atoms in total. The molecule has 1 N–H and O–H groups in total. The summed E-state index contributed by atoms with van der Waals surface area (Å²) in [6.07, 6.45) is 1.55. The normalized spacial score (nSPS) is 18.2. The number of hydrogen-bond acceptors (Lipinski definition) is 4. The second-order valence-electron chi connectivity index (χ2n) is 3.51. The molecule has 1 aromatic rings. The van der Waals surface area contributed by atoms with Crippen molar-refractivity contribution >= 4 is 40.3 Å². The third-order valence-electron chi connectivity index (χ3n) is 2.27. The third kappa shape index (κ3) is 2.32. The Morgan fingerprint density at radius 1 is 1.53 bits per heavy atom. The van der Waals surface area contributed by atoms with Crippen LogP contribution in [0.5, 0.6) is 5.75 Å². The van der Waals surface area contributed by atoms with Gasteiger partial charge in [-0.3, -0.25) is 4.79 Å². The number of phenols is 1. The van der Waals surface area contributed by atoms with Crippen LogP contribution in [0.2, 0.25) is 0 Å². The van der Waals surface area contributed by atoms with Crippen molar-refractivity contribution in [2.24, 2.45) is 0 Å². The fourth-order valence-corrected chi connectivity index (χ4v) is 2.43. The van der Waals surface area contributed by atoms with E-state index in [1.807, 2.05) is 0 Å². The number of amides is 1. The number of carbonyl (C=O) groups is 1. The Hall–Kier alpha value is -1.40. The molecule has 0 aliphatic carbocycles. The fourth-order valence-electron chi connectivity index (χ4n) is 1.37. The van der Waals surface area contributed by atoms with Gasteiger partial charge in [0.25, 0.3) is 5.91 Å². The lowest BCUT2D eigenvalue weighted by Crippen LogP contribution is -2.17. The van der Waals surface area contributed by atoms with E-state index in [1.165, 1.54) is 6.07 Å². The van der Waals surface area contributed by atoms with Crippen molar-refractivity contribution < 1.29 is 14.4 Å². The van der Waals surface area contributed by atoms with Crippen LogP contribution in [-0.4, -0.2) is 20.5 Å². The second kappa shape index (κ2) is 4.46. The highest BCUT2D eigenvalue weighted by atomic mass is 32.2. The first-order chi connectivity index (χ1) is 7.99. The van der Waals surface area contributed by atoms with E-state index >= 15 is 0 Å². The van der Waals surface area contributed by atoms with Gasteiger partial charge in [-0.1, -0.05) is 22.3 Å². The van der Waals surface area contributed by atoms with Crippen LogP contribution in [0.4, 0.5) is 4.48 Å². The van der Waals surface area contributed by atoms with E-state index in [-0.39, 0.29) is 20.1 Å². The van der Waals surface area contributed by atoms with E-state index in [0.717, 1.165) is 11.8 Å². The van der Waals surface area contributed by atoms with Gasteiger partial charge in [-0.25, -0.2) is 0 Å². The molecule has 0 radical (unpaired) electrons. The van der Waals surface area contributed by atoms with Crippen LogP contribution in [0.3, 0.4) is 0 Å². The van der Waals surface area contributed by atoms with Gasteiger partial charge in [-0.2, -0.15) is 0 Å². The minimum Gasteiger partial charge on any atom is -0.508 e. The number of benzene rings is 1. The molecule has 88 valence electrons. The molecule has 1 aliphatic heterocycles. The molecular weight excluding hydrogens is 261 g/mol. The predicted octanol–water partition coefficient (Wildman–Crippen LogP) is 2.79. The van der Waals surface area contributed by atoms with E-state index in [2.05, 4.69) is 12.2 Å². The van der Waals surface area contributed by atoms with Gasteiger partial charge in [0, 0.05) is 0 Å². The van der Waals surface area contributed by atoms with E-state index < -0.39 is 5.91 Å². The van der Waals surface area contributed by atoms with Crippen molar-refractivity contribution in [3.05, 3.63) is 34.2 Å². The van der Waals surface area contributed by atoms with Crippen LogP contribution >= 0.6 is 24.0 Å². The lowest BCUT2D eigenvalue weighted by atomic mass is 10.1. The van der Waals surface area contributed by atoms with Crippen LogP contribution < -0.4 is 0 Å². The van der Waals surface area contributed by atoms with Gasteiger partial charge in [0.15, 0.2) is 4.32 Å². The lowest BCUT2D eigenvalue weighted by molar-refractivity contribution is -0.131. The molecule has 2 rings (SSSR count). The summed E-state index contributed by atoms with van der Waals surface area (Å²) in [5.41, 5.74) is 1.41. The minimum atomic E-state index is -0.745. The highest BCUT2D eigenvalue weighted by Gasteiger charge is 2.32. The molecule has 0 unspecified atom stereocenters. The van der Waals surface area contributed by atoms with Crippen molar-refractivity contribution in [2.45, 2.75) is 6.92 Å². The Balaban J connectivity index is 2.34. The number of rotatable bonds is 1. The van der Waals surface area contributed by atoms with E-state index in [4.69, 9.17) is 0 Å². The molecule has 17 heavy (non-hydrogen) atoms. The smallest absolute Gasteiger partial charge is 0.294 e. The fraction of sp³-hybridized carbons (Fsp3) is 0.0909. The van der Waals surface area contributed by atoms with Crippen molar-refractivity contribution in [1.29, 1.82) is 0 Å². The topological polar surface area (TPSA) is 40.5 Å². The number of aromatic hydroxyl groups is 1. The molecule has 6 heteroatoms. The van der Waals surface area contributed by atoms with Crippen LogP contribution in [0.25, 0.3) is 6.08 Å². The third-order valence-corrected chi connectivity index (χ3v) is 3.52. The summed E-state index contributed by atoms with van der Waals surface area (Å²) in [7, 11) is 0. The van der Waals surface area contributed by atoms with Crippen molar-refractivity contribution in [2.75, 3.05) is 0 Å². The Kier molecular flexibility index (Phi) is 3.17. The number of carbonyl (C=O) groups excluding carboxylic acids is 1. The van der Waals surface area contributed by atoms with Gasteiger partial charge >= 0.3 is 0 Å². The summed E-state index contributed by atoms with van der Waals surface area (Å²) in [5, 5.41) is 9.32. The zero-order valence-electron chi connectivity index (χ0n) is 8.81. The first-order valence-corrected chi connectivity index (χ1v) is 5.95.